The average molecular weight is 465 g/mol. The Kier molecular flexibility index (Phi) is 7.17. The number of nitrogens with one attached hydrogen (secondary N) is 2. The molecule has 3 aromatic carbocycles. The van der Waals surface area contributed by atoms with E-state index in [-0.39, 0.29) is 0 Å². The van der Waals surface area contributed by atoms with Gasteiger partial charge in [0.2, 0.25) is 0 Å². The van der Waals surface area contributed by atoms with Crippen molar-refractivity contribution in [3.63, 3.8) is 0 Å². The van der Waals surface area contributed by atoms with Gasteiger partial charge in [0, 0.05) is 35.1 Å². The fraction of sp³-hybridized carbons (Fsp3) is 0.192. The molecule has 0 saturated heterocycles. The first-order valence-electron chi connectivity index (χ1n) is 10.6. The fourth-order valence-electron chi connectivity index (χ4n) is 3.74. The molecule has 0 aliphatic rings. The Hall–Kier alpha value is -3.48. The lowest BCUT2D eigenvalue weighted by molar-refractivity contribution is -0.139. The molecule has 1 heterocycles. The molecular formula is C26H25ClN2O4. The number of ether oxygens (including phenoxy) is 2. The molecule has 0 spiro atoms. The number of benzene rings is 3. The molecule has 0 fully saturated rings. The van der Waals surface area contributed by atoms with Crippen molar-refractivity contribution in [2.45, 2.75) is 25.6 Å². The van der Waals surface area contributed by atoms with E-state index in [4.69, 9.17) is 21.1 Å². The third-order valence-corrected chi connectivity index (χ3v) is 5.70. The molecule has 0 radical (unpaired) electrons. The number of para-hydroxylation sites is 1. The first kappa shape index (κ1) is 22.7. The Morgan fingerprint density at radius 1 is 1.06 bits per heavy atom. The van der Waals surface area contributed by atoms with Gasteiger partial charge in [-0.2, -0.15) is 0 Å². The van der Waals surface area contributed by atoms with Crippen LogP contribution in [0.2, 0.25) is 5.02 Å². The van der Waals surface area contributed by atoms with Crippen LogP contribution in [-0.4, -0.2) is 29.2 Å². The maximum Gasteiger partial charge on any atom is 0.321 e. The van der Waals surface area contributed by atoms with E-state index in [9.17, 15) is 9.90 Å². The second-order valence-corrected chi connectivity index (χ2v) is 8.18. The van der Waals surface area contributed by atoms with Crippen molar-refractivity contribution in [1.29, 1.82) is 0 Å². The highest BCUT2D eigenvalue weighted by molar-refractivity contribution is 6.30. The Bertz CT molecular complexity index is 1250. The standard InChI is InChI=1S/C26H25ClN2O4/c1-32-25-12-17(9-10-24(25)33-16-18-5-4-6-20(27)11-18)14-28-23(26(30)31)13-19-15-29-22-8-3-2-7-21(19)22/h2-12,15,23,28-29H,13-14,16H2,1H3,(H,30,31)/t23-/m0/s1. The SMILES string of the molecule is COc1cc(CN[C@@H](Cc2c[nH]c3ccccc23)C(=O)O)ccc1OCc1cccc(Cl)c1. The van der Waals surface area contributed by atoms with Gasteiger partial charge in [-0.1, -0.05) is 48.0 Å². The zero-order valence-corrected chi connectivity index (χ0v) is 18.9. The van der Waals surface area contributed by atoms with Gasteiger partial charge in [0.25, 0.3) is 0 Å². The average Bonchev–Trinajstić information content (AvgIpc) is 3.23. The van der Waals surface area contributed by atoms with Crippen LogP contribution in [0.15, 0.2) is 72.9 Å². The van der Waals surface area contributed by atoms with Crippen molar-refractivity contribution in [2.24, 2.45) is 0 Å². The number of rotatable bonds is 10. The number of aliphatic carboxylic acids is 1. The lowest BCUT2D eigenvalue weighted by Gasteiger charge is -2.16. The predicted octanol–water partition coefficient (Wildman–Crippen LogP) is 5.19. The molecule has 6 nitrogen and oxygen atoms in total. The minimum atomic E-state index is -0.895. The zero-order chi connectivity index (χ0) is 23.2. The van der Waals surface area contributed by atoms with Crippen LogP contribution in [0.4, 0.5) is 0 Å². The van der Waals surface area contributed by atoms with Crippen LogP contribution >= 0.6 is 11.6 Å². The number of carbonyl (C=O) groups is 1. The molecule has 7 heteroatoms. The second kappa shape index (κ2) is 10.4. The quantitative estimate of drug-likeness (QED) is 0.300. The number of hydrogen-bond donors (Lipinski definition) is 3. The summed E-state index contributed by atoms with van der Waals surface area (Å²) in [6, 6.07) is 20.2. The molecule has 0 aliphatic heterocycles. The normalized spacial score (nSPS) is 11.9. The molecule has 0 amide bonds. The Balaban J connectivity index is 1.41. The molecule has 33 heavy (non-hydrogen) atoms. The minimum absolute atomic E-state index is 0.361. The topological polar surface area (TPSA) is 83.6 Å². The lowest BCUT2D eigenvalue weighted by atomic mass is 10.0. The van der Waals surface area contributed by atoms with E-state index in [1.165, 1.54) is 0 Å². The highest BCUT2D eigenvalue weighted by atomic mass is 35.5. The van der Waals surface area contributed by atoms with Gasteiger partial charge in [0.15, 0.2) is 11.5 Å². The molecule has 4 aromatic rings. The number of methoxy groups -OCH3 is 1. The van der Waals surface area contributed by atoms with E-state index in [0.717, 1.165) is 27.6 Å². The van der Waals surface area contributed by atoms with Crippen molar-refractivity contribution in [3.05, 3.63) is 94.6 Å². The summed E-state index contributed by atoms with van der Waals surface area (Å²) in [5.41, 5.74) is 3.81. The van der Waals surface area contributed by atoms with E-state index in [2.05, 4.69) is 10.3 Å². The molecule has 170 valence electrons. The van der Waals surface area contributed by atoms with E-state index >= 15 is 0 Å². The summed E-state index contributed by atoms with van der Waals surface area (Å²) in [6.07, 6.45) is 2.24. The number of aromatic nitrogens is 1. The number of hydrogen-bond acceptors (Lipinski definition) is 4. The molecule has 3 N–H and O–H groups in total. The summed E-state index contributed by atoms with van der Waals surface area (Å²) in [6.45, 7) is 0.741. The maximum atomic E-state index is 11.9. The smallest absolute Gasteiger partial charge is 0.321 e. The van der Waals surface area contributed by atoms with Crippen molar-refractivity contribution >= 4 is 28.5 Å². The van der Waals surface area contributed by atoms with Crippen LogP contribution in [-0.2, 0) is 24.4 Å². The molecule has 0 bridgehead atoms. The van der Waals surface area contributed by atoms with Crippen molar-refractivity contribution < 1.29 is 19.4 Å². The summed E-state index contributed by atoms with van der Waals surface area (Å²) in [7, 11) is 1.58. The Labute approximate surface area is 197 Å². The van der Waals surface area contributed by atoms with Crippen LogP contribution in [0.3, 0.4) is 0 Å². The molecule has 0 aliphatic carbocycles. The summed E-state index contributed by atoms with van der Waals surface area (Å²) in [5, 5.41) is 14.6. The third-order valence-electron chi connectivity index (χ3n) is 5.46. The highest BCUT2D eigenvalue weighted by Crippen LogP contribution is 2.29. The largest absolute Gasteiger partial charge is 0.493 e. The monoisotopic (exact) mass is 464 g/mol. The van der Waals surface area contributed by atoms with Crippen LogP contribution in [0.1, 0.15) is 16.7 Å². The second-order valence-electron chi connectivity index (χ2n) is 7.74. The first-order chi connectivity index (χ1) is 16.0. The number of aromatic amines is 1. The van der Waals surface area contributed by atoms with Crippen LogP contribution in [0.5, 0.6) is 11.5 Å². The predicted molar refractivity (Wildman–Crippen MR) is 129 cm³/mol. The molecule has 0 unspecified atom stereocenters. The summed E-state index contributed by atoms with van der Waals surface area (Å²) in [4.78, 5) is 15.1. The summed E-state index contributed by atoms with van der Waals surface area (Å²) >= 11 is 6.03. The van der Waals surface area contributed by atoms with Gasteiger partial charge >= 0.3 is 5.97 Å². The number of carboxylic acid groups (broad SMARTS) is 1. The lowest BCUT2D eigenvalue weighted by Crippen LogP contribution is -2.38. The van der Waals surface area contributed by atoms with E-state index in [0.29, 0.717) is 36.1 Å². The number of halogens is 1. The van der Waals surface area contributed by atoms with Crippen molar-refractivity contribution in [2.75, 3.05) is 7.11 Å². The van der Waals surface area contributed by atoms with Gasteiger partial charge in [-0.3, -0.25) is 4.79 Å². The fourth-order valence-corrected chi connectivity index (χ4v) is 3.95. The minimum Gasteiger partial charge on any atom is -0.493 e. The highest BCUT2D eigenvalue weighted by Gasteiger charge is 2.19. The van der Waals surface area contributed by atoms with Gasteiger partial charge in [-0.05, 0) is 47.0 Å². The molecule has 4 rings (SSSR count). The zero-order valence-electron chi connectivity index (χ0n) is 18.2. The summed E-state index contributed by atoms with van der Waals surface area (Å²) in [5.74, 6) is 0.295. The van der Waals surface area contributed by atoms with E-state index < -0.39 is 12.0 Å². The number of H-pyrrole nitrogens is 1. The number of carboxylic acids is 1. The van der Waals surface area contributed by atoms with Gasteiger partial charge < -0.3 is 24.9 Å². The van der Waals surface area contributed by atoms with Gasteiger partial charge in [0.1, 0.15) is 12.6 Å². The molecule has 0 saturated carbocycles. The van der Waals surface area contributed by atoms with Crippen molar-refractivity contribution in [3.8, 4) is 11.5 Å². The van der Waals surface area contributed by atoms with Gasteiger partial charge in [0.05, 0.1) is 7.11 Å². The van der Waals surface area contributed by atoms with Crippen LogP contribution in [0, 0.1) is 0 Å². The van der Waals surface area contributed by atoms with E-state index in [1.807, 2.05) is 72.9 Å². The van der Waals surface area contributed by atoms with Crippen LogP contribution in [0.25, 0.3) is 10.9 Å². The van der Waals surface area contributed by atoms with Crippen LogP contribution < -0.4 is 14.8 Å². The number of fused-ring (bicyclic) bond motifs is 1. The van der Waals surface area contributed by atoms with Gasteiger partial charge in [-0.25, -0.2) is 0 Å². The maximum absolute atomic E-state index is 11.9. The molecule has 1 atom stereocenters. The van der Waals surface area contributed by atoms with Crippen molar-refractivity contribution in [1.82, 2.24) is 10.3 Å². The Morgan fingerprint density at radius 3 is 2.70 bits per heavy atom. The first-order valence-corrected chi connectivity index (χ1v) is 11.0. The molecular weight excluding hydrogens is 440 g/mol. The van der Waals surface area contributed by atoms with E-state index in [1.54, 1.807) is 7.11 Å². The third kappa shape index (κ3) is 5.66. The van der Waals surface area contributed by atoms with Gasteiger partial charge in [-0.15, -0.1) is 0 Å². The molecule has 1 aromatic heterocycles. The summed E-state index contributed by atoms with van der Waals surface area (Å²) < 4.78 is 11.4. The Morgan fingerprint density at radius 2 is 1.91 bits per heavy atom.